The molecule has 2 rings (SSSR count). The first-order chi connectivity index (χ1) is 12.1. The van der Waals surface area contributed by atoms with Crippen molar-refractivity contribution < 1.29 is 0 Å². The van der Waals surface area contributed by atoms with Crippen LogP contribution in [0.25, 0.3) is 0 Å². The standard InChI is InChI=1S/C21H24N4/c1-24(15-3-13-22)20-9-5-18(6-10-20)17-19-7-11-21(12-8-19)25(2)16-4-14-23/h5-12H,3-4,15-17H2,1-2H3. The fourth-order valence-electron chi connectivity index (χ4n) is 2.67. The summed E-state index contributed by atoms with van der Waals surface area (Å²) in [5.41, 5.74) is 4.80. The summed E-state index contributed by atoms with van der Waals surface area (Å²) in [6.07, 6.45) is 1.96. The molecule has 0 aromatic heterocycles. The predicted molar refractivity (Wildman–Crippen MR) is 103 cm³/mol. The second kappa shape index (κ2) is 9.35. The van der Waals surface area contributed by atoms with Gasteiger partial charge < -0.3 is 9.80 Å². The van der Waals surface area contributed by atoms with E-state index in [1.807, 2.05) is 14.1 Å². The lowest BCUT2D eigenvalue weighted by Crippen LogP contribution is -2.18. The molecule has 25 heavy (non-hydrogen) atoms. The zero-order valence-corrected chi connectivity index (χ0v) is 14.9. The van der Waals surface area contributed by atoms with Gasteiger partial charge in [0, 0.05) is 38.6 Å². The molecular weight excluding hydrogens is 308 g/mol. The Morgan fingerprint density at radius 2 is 1.04 bits per heavy atom. The van der Waals surface area contributed by atoms with Gasteiger partial charge in [0.25, 0.3) is 0 Å². The SMILES string of the molecule is CN(CCC#N)c1ccc(Cc2ccc(N(C)CCC#N)cc2)cc1. The third-order valence-electron chi connectivity index (χ3n) is 4.28. The lowest BCUT2D eigenvalue weighted by atomic mass is 10.0. The zero-order valence-electron chi connectivity index (χ0n) is 14.9. The Bertz CT molecular complexity index is 670. The van der Waals surface area contributed by atoms with Crippen molar-refractivity contribution in [2.24, 2.45) is 0 Å². The minimum atomic E-state index is 0.535. The van der Waals surface area contributed by atoms with Crippen LogP contribution in [0.4, 0.5) is 11.4 Å². The molecule has 0 aliphatic heterocycles. The zero-order chi connectivity index (χ0) is 18.1. The van der Waals surface area contributed by atoms with Gasteiger partial charge in [0.15, 0.2) is 0 Å². The molecule has 0 atom stereocenters. The lowest BCUT2D eigenvalue weighted by Gasteiger charge is -2.18. The number of benzene rings is 2. The average Bonchev–Trinajstić information content (AvgIpc) is 2.65. The molecule has 0 heterocycles. The van der Waals surface area contributed by atoms with Gasteiger partial charge in [-0.1, -0.05) is 24.3 Å². The van der Waals surface area contributed by atoms with Crippen LogP contribution in [0.1, 0.15) is 24.0 Å². The Labute approximate surface area is 150 Å². The Morgan fingerprint density at radius 3 is 1.36 bits per heavy atom. The molecule has 2 aromatic rings. The minimum absolute atomic E-state index is 0.535. The van der Waals surface area contributed by atoms with E-state index in [1.54, 1.807) is 0 Å². The van der Waals surface area contributed by atoms with Crippen molar-refractivity contribution in [3.8, 4) is 12.1 Å². The first-order valence-corrected chi connectivity index (χ1v) is 8.48. The van der Waals surface area contributed by atoms with E-state index in [2.05, 4.69) is 70.5 Å². The number of hydrogen-bond acceptors (Lipinski definition) is 4. The Morgan fingerprint density at radius 1 is 0.680 bits per heavy atom. The molecule has 0 bridgehead atoms. The number of rotatable bonds is 8. The van der Waals surface area contributed by atoms with Gasteiger partial charge in [-0.25, -0.2) is 0 Å². The topological polar surface area (TPSA) is 54.1 Å². The van der Waals surface area contributed by atoms with Gasteiger partial charge in [0.05, 0.1) is 25.0 Å². The van der Waals surface area contributed by atoms with Crippen molar-refractivity contribution in [1.29, 1.82) is 10.5 Å². The van der Waals surface area contributed by atoms with Crippen molar-refractivity contribution in [2.75, 3.05) is 37.0 Å². The van der Waals surface area contributed by atoms with Crippen LogP contribution in [0.2, 0.25) is 0 Å². The second-order valence-corrected chi connectivity index (χ2v) is 6.17. The summed E-state index contributed by atoms with van der Waals surface area (Å²) >= 11 is 0. The molecule has 128 valence electrons. The van der Waals surface area contributed by atoms with E-state index >= 15 is 0 Å². The van der Waals surface area contributed by atoms with Crippen molar-refractivity contribution in [1.82, 2.24) is 0 Å². The first-order valence-electron chi connectivity index (χ1n) is 8.48. The second-order valence-electron chi connectivity index (χ2n) is 6.17. The Kier molecular flexibility index (Phi) is 6.87. The van der Waals surface area contributed by atoms with Gasteiger partial charge in [0.1, 0.15) is 0 Å². The Hall–Kier alpha value is -2.98. The number of nitriles is 2. The molecule has 0 saturated heterocycles. The van der Waals surface area contributed by atoms with Crippen molar-refractivity contribution in [3.05, 3.63) is 59.7 Å². The van der Waals surface area contributed by atoms with E-state index in [4.69, 9.17) is 10.5 Å². The summed E-state index contributed by atoms with van der Waals surface area (Å²) < 4.78 is 0. The highest BCUT2D eigenvalue weighted by Gasteiger charge is 2.03. The number of anilines is 2. The van der Waals surface area contributed by atoms with Crippen LogP contribution in [0.3, 0.4) is 0 Å². The van der Waals surface area contributed by atoms with Crippen molar-refractivity contribution in [2.45, 2.75) is 19.3 Å². The highest BCUT2D eigenvalue weighted by Crippen LogP contribution is 2.19. The van der Waals surface area contributed by atoms with E-state index in [0.717, 1.165) is 30.9 Å². The van der Waals surface area contributed by atoms with Crippen LogP contribution in [-0.2, 0) is 6.42 Å². The largest absolute Gasteiger partial charge is 0.374 e. The molecule has 4 nitrogen and oxygen atoms in total. The van der Waals surface area contributed by atoms with Gasteiger partial charge in [-0.2, -0.15) is 10.5 Å². The molecule has 0 fully saturated rings. The van der Waals surface area contributed by atoms with Gasteiger partial charge in [-0.05, 0) is 41.8 Å². The molecule has 0 N–H and O–H groups in total. The molecule has 0 radical (unpaired) electrons. The van der Waals surface area contributed by atoms with Crippen LogP contribution in [-0.4, -0.2) is 27.2 Å². The van der Waals surface area contributed by atoms with Gasteiger partial charge >= 0.3 is 0 Å². The third kappa shape index (κ3) is 5.55. The molecule has 0 spiro atoms. The highest BCUT2D eigenvalue weighted by atomic mass is 15.1. The molecule has 0 aliphatic rings. The summed E-state index contributed by atoms with van der Waals surface area (Å²) in [6, 6.07) is 21.4. The van der Waals surface area contributed by atoms with E-state index < -0.39 is 0 Å². The third-order valence-corrected chi connectivity index (χ3v) is 4.28. The van der Waals surface area contributed by atoms with Crippen LogP contribution in [0.5, 0.6) is 0 Å². The van der Waals surface area contributed by atoms with E-state index in [-0.39, 0.29) is 0 Å². The molecule has 0 unspecified atom stereocenters. The van der Waals surface area contributed by atoms with Crippen molar-refractivity contribution in [3.63, 3.8) is 0 Å². The number of nitrogens with zero attached hydrogens (tertiary/aromatic N) is 4. The van der Waals surface area contributed by atoms with E-state index in [1.165, 1.54) is 11.1 Å². The smallest absolute Gasteiger partial charge is 0.0640 e. The maximum Gasteiger partial charge on any atom is 0.0640 e. The van der Waals surface area contributed by atoms with Gasteiger partial charge in [0.2, 0.25) is 0 Å². The number of hydrogen-bond donors (Lipinski definition) is 0. The van der Waals surface area contributed by atoms with Crippen LogP contribution < -0.4 is 9.80 Å². The van der Waals surface area contributed by atoms with Crippen LogP contribution >= 0.6 is 0 Å². The maximum absolute atomic E-state index is 8.67. The molecular formula is C21H24N4. The Balaban J connectivity index is 1.96. The van der Waals surface area contributed by atoms with Gasteiger partial charge in [-0.3, -0.25) is 0 Å². The summed E-state index contributed by atoms with van der Waals surface area (Å²) in [7, 11) is 4.02. The summed E-state index contributed by atoms with van der Waals surface area (Å²) in [6.45, 7) is 1.49. The summed E-state index contributed by atoms with van der Waals surface area (Å²) in [5.74, 6) is 0. The maximum atomic E-state index is 8.67. The molecule has 4 heteroatoms. The minimum Gasteiger partial charge on any atom is -0.374 e. The normalized spacial score (nSPS) is 9.92. The summed E-state index contributed by atoms with van der Waals surface area (Å²) in [4.78, 5) is 4.19. The molecule has 0 aliphatic carbocycles. The molecule has 0 amide bonds. The van der Waals surface area contributed by atoms with Crippen LogP contribution in [0, 0.1) is 22.7 Å². The average molecular weight is 332 g/mol. The first kappa shape index (κ1) is 18.4. The molecule has 0 saturated carbocycles. The van der Waals surface area contributed by atoms with Gasteiger partial charge in [-0.15, -0.1) is 0 Å². The fraction of sp³-hybridized carbons (Fsp3) is 0.333. The fourth-order valence-corrected chi connectivity index (χ4v) is 2.67. The predicted octanol–water partition coefficient (Wildman–Crippen LogP) is 3.98. The molecule has 2 aromatic carbocycles. The monoisotopic (exact) mass is 332 g/mol. The van der Waals surface area contributed by atoms with Crippen molar-refractivity contribution >= 4 is 11.4 Å². The van der Waals surface area contributed by atoms with E-state index in [0.29, 0.717) is 12.8 Å². The van der Waals surface area contributed by atoms with E-state index in [9.17, 15) is 0 Å². The summed E-state index contributed by atoms with van der Waals surface area (Å²) in [5, 5.41) is 17.3. The lowest BCUT2D eigenvalue weighted by molar-refractivity contribution is 0.904. The quantitative estimate of drug-likeness (QED) is 0.734. The highest BCUT2D eigenvalue weighted by molar-refractivity contribution is 5.49. The van der Waals surface area contributed by atoms with Crippen LogP contribution in [0.15, 0.2) is 48.5 Å².